The van der Waals surface area contributed by atoms with Crippen LogP contribution in [0.4, 0.5) is 6.01 Å². The topological polar surface area (TPSA) is 63.0 Å². The number of nitrogens with zero attached hydrogens (tertiary/aromatic N) is 2. The summed E-state index contributed by atoms with van der Waals surface area (Å²) >= 11 is 1.78. The van der Waals surface area contributed by atoms with Crippen molar-refractivity contribution >= 4 is 17.8 Å². The second-order valence-electron chi connectivity index (χ2n) is 5.11. The molecule has 1 heterocycles. The van der Waals surface area contributed by atoms with E-state index in [4.69, 9.17) is 4.42 Å². The monoisotopic (exact) mass is 258 g/mol. The summed E-state index contributed by atoms with van der Waals surface area (Å²) in [5.74, 6) is 1.62. The molecule has 0 amide bonds. The van der Waals surface area contributed by atoms with Gasteiger partial charge in [0.25, 0.3) is 0 Å². The molecule has 5 nitrogen and oxygen atoms in total. The Labute approximate surface area is 107 Å². The van der Waals surface area contributed by atoms with Crippen LogP contribution in [0.1, 0.15) is 33.6 Å². The molecule has 1 aromatic heterocycles. The van der Waals surface area contributed by atoms with Crippen molar-refractivity contribution in [3.05, 3.63) is 5.89 Å². The van der Waals surface area contributed by atoms with Gasteiger partial charge in [-0.25, -0.2) is 0 Å². The highest BCUT2D eigenvalue weighted by atomic mass is 32.2. The molecule has 0 aliphatic carbocycles. The molecule has 0 aliphatic heterocycles. The van der Waals surface area contributed by atoms with Crippen molar-refractivity contribution < 1.29 is 4.42 Å². The minimum atomic E-state index is 0.0498. The molecular weight excluding hydrogens is 236 g/mol. The van der Waals surface area contributed by atoms with Gasteiger partial charge in [-0.05, 0) is 34.0 Å². The number of thioether (sulfide) groups is 1. The molecule has 0 fully saturated rings. The highest BCUT2D eigenvalue weighted by molar-refractivity contribution is 7.98. The van der Waals surface area contributed by atoms with Gasteiger partial charge in [-0.1, -0.05) is 5.10 Å². The van der Waals surface area contributed by atoms with Crippen molar-refractivity contribution in [3.8, 4) is 0 Å². The quantitative estimate of drug-likeness (QED) is 0.815. The molecule has 0 aliphatic rings. The van der Waals surface area contributed by atoms with Gasteiger partial charge in [-0.3, -0.25) is 0 Å². The van der Waals surface area contributed by atoms with Crippen LogP contribution in [0.15, 0.2) is 4.42 Å². The standard InChI is InChI=1S/C11H22N4OS/c1-8(7-17-5)13-10-15-14-9(16-10)6-12-11(2,3)4/h8,12H,6-7H2,1-5H3,(H,13,15). The van der Waals surface area contributed by atoms with E-state index in [1.807, 2.05) is 0 Å². The predicted octanol–water partition coefficient (Wildman–Crippen LogP) is 2.12. The smallest absolute Gasteiger partial charge is 0.315 e. The van der Waals surface area contributed by atoms with E-state index in [9.17, 15) is 0 Å². The van der Waals surface area contributed by atoms with Crippen LogP contribution in [0.25, 0.3) is 0 Å². The van der Waals surface area contributed by atoms with E-state index in [0.29, 0.717) is 24.5 Å². The van der Waals surface area contributed by atoms with Crippen molar-refractivity contribution in [3.63, 3.8) is 0 Å². The highest BCUT2D eigenvalue weighted by Gasteiger charge is 2.12. The molecular formula is C11H22N4OS. The second-order valence-corrected chi connectivity index (χ2v) is 6.02. The average molecular weight is 258 g/mol. The first-order valence-corrected chi connectivity index (χ1v) is 7.13. The Hall–Kier alpha value is -0.750. The first-order chi connectivity index (χ1) is 7.90. The van der Waals surface area contributed by atoms with Gasteiger partial charge in [-0.15, -0.1) is 5.10 Å². The lowest BCUT2D eigenvalue weighted by atomic mass is 10.1. The van der Waals surface area contributed by atoms with Crippen LogP contribution in [-0.2, 0) is 6.54 Å². The Morgan fingerprint density at radius 2 is 2.06 bits per heavy atom. The summed E-state index contributed by atoms with van der Waals surface area (Å²) in [5.41, 5.74) is 0.0498. The third-order valence-electron chi connectivity index (χ3n) is 2.02. The molecule has 0 bridgehead atoms. The molecule has 6 heteroatoms. The largest absolute Gasteiger partial charge is 0.407 e. The summed E-state index contributed by atoms with van der Waals surface area (Å²) in [6.45, 7) is 8.98. The average Bonchev–Trinajstić information content (AvgIpc) is 2.62. The van der Waals surface area contributed by atoms with Crippen LogP contribution in [-0.4, -0.2) is 33.8 Å². The molecule has 0 aromatic carbocycles. The minimum Gasteiger partial charge on any atom is -0.407 e. The fourth-order valence-corrected chi connectivity index (χ4v) is 1.81. The van der Waals surface area contributed by atoms with Gasteiger partial charge in [0.15, 0.2) is 0 Å². The zero-order chi connectivity index (χ0) is 12.9. The van der Waals surface area contributed by atoms with Gasteiger partial charge < -0.3 is 15.1 Å². The van der Waals surface area contributed by atoms with Crippen LogP contribution < -0.4 is 10.6 Å². The molecule has 0 spiro atoms. The van der Waals surface area contributed by atoms with Crippen LogP contribution >= 0.6 is 11.8 Å². The maximum absolute atomic E-state index is 5.49. The third-order valence-corrected chi connectivity index (χ3v) is 2.86. The Bertz CT molecular complexity index is 334. The number of aromatic nitrogens is 2. The Kier molecular flexibility index (Phi) is 5.27. The summed E-state index contributed by atoms with van der Waals surface area (Å²) in [4.78, 5) is 0. The first-order valence-electron chi connectivity index (χ1n) is 5.73. The minimum absolute atomic E-state index is 0.0498. The van der Waals surface area contributed by atoms with Crippen LogP contribution in [0.3, 0.4) is 0 Å². The predicted molar refractivity (Wildman–Crippen MR) is 72.4 cm³/mol. The molecule has 1 aromatic rings. The van der Waals surface area contributed by atoms with Gasteiger partial charge in [0, 0.05) is 17.3 Å². The van der Waals surface area contributed by atoms with E-state index < -0.39 is 0 Å². The Balaban J connectivity index is 2.42. The fourth-order valence-electron chi connectivity index (χ4n) is 1.23. The van der Waals surface area contributed by atoms with E-state index in [1.54, 1.807) is 11.8 Å². The van der Waals surface area contributed by atoms with Gasteiger partial charge in [0.05, 0.1) is 6.54 Å². The Morgan fingerprint density at radius 1 is 1.35 bits per heavy atom. The van der Waals surface area contributed by atoms with Gasteiger partial charge in [0.2, 0.25) is 5.89 Å². The highest BCUT2D eigenvalue weighted by Crippen LogP contribution is 2.10. The number of nitrogens with one attached hydrogen (secondary N) is 2. The summed E-state index contributed by atoms with van der Waals surface area (Å²) in [7, 11) is 0. The molecule has 1 rings (SSSR count). The van der Waals surface area contributed by atoms with Crippen molar-refractivity contribution in [2.45, 2.75) is 45.8 Å². The van der Waals surface area contributed by atoms with E-state index in [1.165, 1.54) is 0 Å². The zero-order valence-corrected chi connectivity index (χ0v) is 12.0. The molecule has 0 saturated carbocycles. The first kappa shape index (κ1) is 14.3. The number of anilines is 1. The molecule has 98 valence electrons. The van der Waals surface area contributed by atoms with Crippen molar-refractivity contribution in [1.29, 1.82) is 0 Å². The summed E-state index contributed by atoms with van der Waals surface area (Å²) in [6, 6.07) is 0.825. The van der Waals surface area contributed by atoms with E-state index in [-0.39, 0.29) is 5.54 Å². The van der Waals surface area contributed by atoms with E-state index >= 15 is 0 Å². The Morgan fingerprint density at radius 3 is 2.65 bits per heavy atom. The van der Waals surface area contributed by atoms with Gasteiger partial charge in [-0.2, -0.15) is 11.8 Å². The lowest BCUT2D eigenvalue weighted by Crippen LogP contribution is -2.35. The SMILES string of the molecule is CSCC(C)Nc1nnc(CNC(C)(C)C)o1. The lowest BCUT2D eigenvalue weighted by Gasteiger charge is -2.18. The van der Waals surface area contributed by atoms with Crippen molar-refractivity contribution in [2.24, 2.45) is 0 Å². The number of hydrogen-bond acceptors (Lipinski definition) is 6. The summed E-state index contributed by atoms with van der Waals surface area (Å²) < 4.78 is 5.49. The normalized spacial score (nSPS) is 13.7. The number of rotatable bonds is 6. The fraction of sp³-hybridized carbons (Fsp3) is 0.818. The van der Waals surface area contributed by atoms with Crippen molar-refractivity contribution in [2.75, 3.05) is 17.3 Å². The molecule has 0 radical (unpaired) electrons. The third kappa shape index (κ3) is 5.93. The number of hydrogen-bond donors (Lipinski definition) is 2. The summed E-state index contributed by atoms with van der Waals surface area (Å²) in [5, 5.41) is 14.4. The molecule has 17 heavy (non-hydrogen) atoms. The van der Waals surface area contributed by atoms with Crippen LogP contribution in [0, 0.1) is 0 Å². The maximum Gasteiger partial charge on any atom is 0.315 e. The van der Waals surface area contributed by atoms with E-state index in [0.717, 1.165) is 5.75 Å². The second kappa shape index (κ2) is 6.26. The maximum atomic E-state index is 5.49. The molecule has 0 saturated heterocycles. The van der Waals surface area contributed by atoms with Crippen molar-refractivity contribution in [1.82, 2.24) is 15.5 Å². The molecule has 1 unspecified atom stereocenters. The van der Waals surface area contributed by atoms with Gasteiger partial charge >= 0.3 is 6.01 Å². The summed E-state index contributed by atoms with van der Waals surface area (Å²) in [6.07, 6.45) is 2.07. The van der Waals surface area contributed by atoms with E-state index in [2.05, 4.69) is 54.8 Å². The molecule has 1 atom stereocenters. The van der Waals surface area contributed by atoms with Crippen LogP contribution in [0.5, 0.6) is 0 Å². The molecule has 2 N–H and O–H groups in total. The van der Waals surface area contributed by atoms with Crippen LogP contribution in [0.2, 0.25) is 0 Å². The zero-order valence-electron chi connectivity index (χ0n) is 11.2. The van der Waals surface area contributed by atoms with Gasteiger partial charge in [0.1, 0.15) is 0 Å². The lowest BCUT2D eigenvalue weighted by molar-refractivity contribution is 0.383.